The first-order valence-electron chi connectivity index (χ1n) is 7.94. The van der Waals surface area contributed by atoms with Crippen LogP contribution in [-0.4, -0.2) is 27.3 Å². The minimum Gasteiger partial charge on any atom is -0.493 e. The average Bonchev–Trinajstić information content (AvgIpc) is 2.43. The van der Waals surface area contributed by atoms with Crippen LogP contribution >= 0.6 is 0 Å². The lowest BCUT2D eigenvalue weighted by Gasteiger charge is -2.47. The molecule has 0 aromatic heterocycles. The fourth-order valence-corrected chi connectivity index (χ4v) is 3.52. The van der Waals surface area contributed by atoms with Gasteiger partial charge in [-0.2, -0.15) is 0 Å². The van der Waals surface area contributed by atoms with E-state index in [0.29, 0.717) is 5.92 Å². The van der Waals surface area contributed by atoms with Crippen LogP contribution in [0.2, 0.25) is 0 Å². The zero-order valence-corrected chi connectivity index (χ0v) is 14.0. The molecule has 3 nitrogen and oxygen atoms in total. The second kappa shape index (κ2) is 6.69. The van der Waals surface area contributed by atoms with Crippen LogP contribution in [0.15, 0.2) is 18.2 Å². The van der Waals surface area contributed by atoms with Crippen LogP contribution in [0.1, 0.15) is 39.2 Å². The lowest BCUT2D eigenvalue weighted by atomic mass is 9.59. The van der Waals surface area contributed by atoms with Crippen LogP contribution in [0, 0.1) is 11.8 Å². The van der Waals surface area contributed by atoms with Gasteiger partial charge in [0.25, 0.3) is 0 Å². The van der Waals surface area contributed by atoms with Gasteiger partial charge in [-0.15, -0.1) is 0 Å². The molecule has 3 heteroatoms. The highest BCUT2D eigenvalue weighted by Gasteiger charge is 2.43. The summed E-state index contributed by atoms with van der Waals surface area (Å²) in [6.45, 7) is 8.95. The van der Waals surface area contributed by atoms with E-state index in [1.54, 1.807) is 14.2 Å². The lowest BCUT2D eigenvalue weighted by Crippen LogP contribution is -2.48. The van der Waals surface area contributed by atoms with Gasteiger partial charge in [-0.05, 0) is 48.9 Å². The van der Waals surface area contributed by atoms with Gasteiger partial charge >= 0.3 is 0 Å². The van der Waals surface area contributed by atoms with Crippen LogP contribution in [0.5, 0.6) is 11.5 Å². The Bertz CT molecular complexity index is 464. The molecule has 1 aromatic carbocycles. The van der Waals surface area contributed by atoms with Crippen molar-refractivity contribution in [2.24, 2.45) is 11.8 Å². The number of hydrogen-bond donors (Lipinski definition) is 1. The Kier molecular flexibility index (Phi) is 5.15. The van der Waals surface area contributed by atoms with Crippen LogP contribution in [-0.2, 0) is 5.41 Å². The Balaban J connectivity index is 2.18. The molecule has 1 fully saturated rings. The summed E-state index contributed by atoms with van der Waals surface area (Å²) in [6, 6.07) is 6.38. The SMILES string of the molecule is COc1ccc(C2(CNCC(C)C)CC(C)C2)cc1OC. The van der Waals surface area contributed by atoms with Gasteiger partial charge in [-0.3, -0.25) is 0 Å². The quantitative estimate of drug-likeness (QED) is 0.832. The molecule has 1 aliphatic carbocycles. The van der Waals surface area contributed by atoms with E-state index >= 15 is 0 Å². The van der Waals surface area contributed by atoms with Crippen molar-refractivity contribution in [3.8, 4) is 11.5 Å². The number of nitrogens with one attached hydrogen (secondary N) is 1. The molecule has 0 atom stereocenters. The monoisotopic (exact) mass is 291 g/mol. The van der Waals surface area contributed by atoms with E-state index in [2.05, 4.69) is 38.2 Å². The molecule has 0 amide bonds. The van der Waals surface area contributed by atoms with Gasteiger partial charge in [0, 0.05) is 12.0 Å². The molecule has 0 saturated heterocycles. The molecule has 0 heterocycles. The summed E-state index contributed by atoms with van der Waals surface area (Å²) in [5, 5.41) is 3.64. The van der Waals surface area contributed by atoms with E-state index in [-0.39, 0.29) is 5.41 Å². The third-order valence-corrected chi connectivity index (χ3v) is 4.49. The number of rotatable bonds is 7. The van der Waals surface area contributed by atoms with Crippen molar-refractivity contribution in [3.63, 3.8) is 0 Å². The normalized spacial score (nSPS) is 24.8. The van der Waals surface area contributed by atoms with E-state index in [1.165, 1.54) is 18.4 Å². The largest absolute Gasteiger partial charge is 0.493 e. The van der Waals surface area contributed by atoms with Gasteiger partial charge < -0.3 is 14.8 Å². The molecule has 2 rings (SSSR count). The number of hydrogen-bond acceptors (Lipinski definition) is 3. The maximum Gasteiger partial charge on any atom is 0.161 e. The Labute approximate surface area is 129 Å². The van der Waals surface area contributed by atoms with Crippen LogP contribution in [0.4, 0.5) is 0 Å². The molecule has 0 unspecified atom stereocenters. The van der Waals surface area contributed by atoms with Gasteiger partial charge in [-0.1, -0.05) is 26.8 Å². The Morgan fingerprint density at radius 2 is 1.86 bits per heavy atom. The minimum absolute atomic E-state index is 0.258. The number of ether oxygens (including phenoxy) is 2. The minimum atomic E-state index is 0.258. The summed E-state index contributed by atoms with van der Waals surface area (Å²) in [6.07, 6.45) is 2.49. The van der Waals surface area contributed by atoms with Crippen molar-refractivity contribution < 1.29 is 9.47 Å². The summed E-state index contributed by atoms with van der Waals surface area (Å²) in [5.41, 5.74) is 1.63. The van der Waals surface area contributed by atoms with Crippen molar-refractivity contribution in [1.29, 1.82) is 0 Å². The fourth-order valence-electron chi connectivity index (χ4n) is 3.52. The summed E-state index contributed by atoms with van der Waals surface area (Å²) in [7, 11) is 3.39. The topological polar surface area (TPSA) is 30.5 Å². The molecule has 118 valence electrons. The summed E-state index contributed by atoms with van der Waals surface area (Å²) >= 11 is 0. The van der Waals surface area contributed by atoms with Crippen LogP contribution < -0.4 is 14.8 Å². The second-order valence-electron chi connectivity index (χ2n) is 6.89. The molecule has 1 saturated carbocycles. The van der Waals surface area contributed by atoms with Crippen molar-refractivity contribution in [2.45, 2.75) is 39.0 Å². The van der Waals surface area contributed by atoms with E-state index in [4.69, 9.17) is 9.47 Å². The molecule has 0 radical (unpaired) electrons. The first-order chi connectivity index (χ1) is 10.0. The van der Waals surface area contributed by atoms with E-state index < -0.39 is 0 Å². The molecule has 0 aliphatic heterocycles. The van der Waals surface area contributed by atoms with Gasteiger partial charge in [-0.25, -0.2) is 0 Å². The maximum atomic E-state index is 5.46. The van der Waals surface area contributed by atoms with Crippen molar-refractivity contribution in [1.82, 2.24) is 5.32 Å². The summed E-state index contributed by atoms with van der Waals surface area (Å²) < 4.78 is 10.8. The standard InChI is InChI=1S/C18H29NO2/c1-13(2)11-19-12-18(9-14(3)10-18)15-6-7-16(20-4)17(8-15)21-5/h6-8,13-14,19H,9-12H2,1-5H3. The zero-order chi connectivity index (χ0) is 15.5. The van der Waals surface area contributed by atoms with Crippen molar-refractivity contribution in [3.05, 3.63) is 23.8 Å². The average molecular weight is 291 g/mol. The van der Waals surface area contributed by atoms with Crippen molar-refractivity contribution in [2.75, 3.05) is 27.3 Å². The van der Waals surface area contributed by atoms with Gasteiger partial charge in [0.15, 0.2) is 11.5 Å². The molecule has 1 aliphatic rings. The van der Waals surface area contributed by atoms with Crippen LogP contribution in [0.3, 0.4) is 0 Å². The molecule has 0 bridgehead atoms. The highest BCUT2D eigenvalue weighted by molar-refractivity contribution is 5.46. The Morgan fingerprint density at radius 3 is 2.38 bits per heavy atom. The maximum absolute atomic E-state index is 5.46. The predicted octanol–water partition coefficient (Wildman–Crippen LogP) is 3.62. The fraction of sp³-hybridized carbons (Fsp3) is 0.667. The Hall–Kier alpha value is -1.22. The highest BCUT2D eigenvalue weighted by atomic mass is 16.5. The van der Waals surface area contributed by atoms with Crippen molar-refractivity contribution >= 4 is 0 Å². The molecular formula is C18H29NO2. The molecule has 1 N–H and O–H groups in total. The van der Waals surface area contributed by atoms with Crippen LogP contribution in [0.25, 0.3) is 0 Å². The van der Waals surface area contributed by atoms with Gasteiger partial charge in [0.2, 0.25) is 0 Å². The first-order valence-corrected chi connectivity index (χ1v) is 7.94. The third kappa shape index (κ3) is 3.52. The smallest absolute Gasteiger partial charge is 0.161 e. The first kappa shape index (κ1) is 16.2. The molecular weight excluding hydrogens is 262 g/mol. The van der Waals surface area contributed by atoms with E-state index in [0.717, 1.165) is 30.5 Å². The predicted molar refractivity (Wildman–Crippen MR) is 87.3 cm³/mol. The summed E-state index contributed by atoms with van der Waals surface area (Å²) in [5.74, 6) is 3.13. The van der Waals surface area contributed by atoms with E-state index in [9.17, 15) is 0 Å². The summed E-state index contributed by atoms with van der Waals surface area (Å²) in [4.78, 5) is 0. The number of benzene rings is 1. The van der Waals surface area contributed by atoms with Gasteiger partial charge in [0.05, 0.1) is 14.2 Å². The Morgan fingerprint density at radius 1 is 1.19 bits per heavy atom. The molecule has 21 heavy (non-hydrogen) atoms. The highest BCUT2D eigenvalue weighted by Crippen LogP contribution is 2.48. The zero-order valence-electron chi connectivity index (χ0n) is 14.0. The molecule has 1 aromatic rings. The van der Waals surface area contributed by atoms with E-state index in [1.807, 2.05) is 6.07 Å². The lowest BCUT2D eigenvalue weighted by molar-refractivity contribution is 0.151. The third-order valence-electron chi connectivity index (χ3n) is 4.49. The van der Waals surface area contributed by atoms with Gasteiger partial charge in [0.1, 0.15) is 0 Å². The second-order valence-corrected chi connectivity index (χ2v) is 6.89. The molecule has 0 spiro atoms. The number of methoxy groups -OCH3 is 2.